The van der Waals surface area contributed by atoms with E-state index in [0.29, 0.717) is 5.82 Å². The number of nitriles is 1. The molecule has 0 aliphatic carbocycles. The molecule has 6 nitrogen and oxygen atoms in total. The first kappa shape index (κ1) is 10.4. The molecule has 0 aliphatic rings. The molecule has 3 N–H and O–H groups in total. The minimum atomic E-state index is -0.837. The second kappa shape index (κ2) is 5.11. The molecule has 0 aliphatic heterocycles. The Morgan fingerprint density at radius 2 is 2.43 bits per heavy atom. The predicted molar refractivity (Wildman–Crippen MR) is 48.3 cm³/mol. The molecular formula is C8H10N4O2. The van der Waals surface area contributed by atoms with Crippen LogP contribution in [0.4, 0.5) is 5.82 Å². The summed E-state index contributed by atoms with van der Waals surface area (Å²) in [6.07, 6.45) is 0.606. The predicted octanol–water partition coefficient (Wildman–Crippen LogP) is -0.887. The molecular weight excluding hydrogens is 184 g/mol. The highest BCUT2D eigenvalue weighted by atomic mass is 16.3. The maximum atomic E-state index is 9.02. The van der Waals surface area contributed by atoms with Gasteiger partial charge in [0.1, 0.15) is 11.9 Å². The lowest BCUT2D eigenvalue weighted by atomic mass is 10.4. The second-order valence-corrected chi connectivity index (χ2v) is 2.59. The third-order valence-electron chi connectivity index (χ3n) is 1.49. The third-order valence-corrected chi connectivity index (χ3v) is 1.49. The zero-order valence-electron chi connectivity index (χ0n) is 7.38. The molecule has 0 bridgehead atoms. The number of nitrogens with zero attached hydrogens (tertiary/aromatic N) is 3. The molecule has 74 valence electrons. The van der Waals surface area contributed by atoms with Gasteiger partial charge in [0.05, 0.1) is 12.7 Å². The van der Waals surface area contributed by atoms with Gasteiger partial charge < -0.3 is 15.5 Å². The van der Waals surface area contributed by atoms with E-state index in [9.17, 15) is 0 Å². The van der Waals surface area contributed by atoms with Crippen LogP contribution >= 0.6 is 0 Å². The summed E-state index contributed by atoms with van der Waals surface area (Å²) in [5, 5.41) is 28.8. The Morgan fingerprint density at radius 1 is 1.64 bits per heavy atom. The topological polar surface area (TPSA) is 102 Å². The van der Waals surface area contributed by atoms with E-state index in [1.807, 2.05) is 0 Å². The number of aliphatic hydroxyl groups is 2. The highest BCUT2D eigenvalue weighted by Gasteiger charge is 2.02. The lowest BCUT2D eigenvalue weighted by molar-refractivity contribution is 0.105. The third kappa shape index (κ3) is 2.97. The van der Waals surface area contributed by atoms with Gasteiger partial charge in [0.25, 0.3) is 0 Å². The van der Waals surface area contributed by atoms with Gasteiger partial charge in [-0.3, -0.25) is 0 Å². The Kier molecular flexibility index (Phi) is 3.79. The van der Waals surface area contributed by atoms with Gasteiger partial charge in [-0.05, 0) is 6.07 Å². The summed E-state index contributed by atoms with van der Waals surface area (Å²) in [5.74, 6) is 0.512. The summed E-state index contributed by atoms with van der Waals surface area (Å²) in [5.41, 5.74) is 0. The smallest absolute Gasteiger partial charge is 0.234 e. The van der Waals surface area contributed by atoms with E-state index in [2.05, 4.69) is 15.3 Å². The highest BCUT2D eigenvalue weighted by Crippen LogP contribution is 2.00. The molecule has 1 rings (SSSR count). The van der Waals surface area contributed by atoms with Crippen molar-refractivity contribution >= 4 is 5.82 Å². The van der Waals surface area contributed by atoms with Gasteiger partial charge in [-0.1, -0.05) is 0 Å². The fraction of sp³-hybridized carbons (Fsp3) is 0.375. The summed E-state index contributed by atoms with van der Waals surface area (Å²) >= 11 is 0. The summed E-state index contributed by atoms with van der Waals surface area (Å²) in [6.45, 7) is -0.137. The van der Waals surface area contributed by atoms with Crippen molar-refractivity contribution in [2.75, 3.05) is 18.5 Å². The normalized spacial score (nSPS) is 11.8. The van der Waals surface area contributed by atoms with Crippen molar-refractivity contribution in [1.29, 1.82) is 5.26 Å². The molecule has 1 aromatic rings. The quantitative estimate of drug-likeness (QED) is 0.575. The first-order valence-corrected chi connectivity index (χ1v) is 4.02. The van der Waals surface area contributed by atoms with Crippen molar-refractivity contribution in [3.8, 4) is 6.07 Å². The van der Waals surface area contributed by atoms with Crippen LogP contribution < -0.4 is 5.32 Å². The lowest BCUT2D eigenvalue weighted by Gasteiger charge is -2.08. The summed E-state index contributed by atoms with van der Waals surface area (Å²) < 4.78 is 0. The van der Waals surface area contributed by atoms with Crippen LogP contribution in [0, 0.1) is 11.3 Å². The molecule has 1 heterocycles. The van der Waals surface area contributed by atoms with E-state index >= 15 is 0 Å². The van der Waals surface area contributed by atoms with Gasteiger partial charge in [-0.25, -0.2) is 9.97 Å². The molecule has 14 heavy (non-hydrogen) atoms. The minimum Gasteiger partial charge on any atom is -0.394 e. The summed E-state index contributed by atoms with van der Waals surface area (Å²) in [6, 6.07) is 3.37. The SMILES string of the molecule is N#Cc1nccc(NCC(O)CO)n1. The van der Waals surface area contributed by atoms with Crippen LogP contribution in [-0.4, -0.2) is 39.4 Å². The molecule has 0 fully saturated rings. The number of anilines is 1. The van der Waals surface area contributed by atoms with Crippen LogP contribution in [0.25, 0.3) is 0 Å². The number of hydrogen-bond acceptors (Lipinski definition) is 6. The molecule has 1 unspecified atom stereocenters. The van der Waals surface area contributed by atoms with E-state index in [1.54, 1.807) is 12.1 Å². The van der Waals surface area contributed by atoms with E-state index < -0.39 is 6.10 Å². The first-order valence-electron chi connectivity index (χ1n) is 4.02. The maximum absolute atomic E-state index is 9.02. The number of nitrogens with one attached hydrogen (secondary N) is 1. The maximum Gasteiger partial charge on any atom is 0.234 e. The second-order valence-electron chi connectivity index (χ2n) is 2.59. The number of aliphatic hydroxyl groups excluding tert-OH is 2. The highest BCUT2D eigenvalue weighted by molar-refractivity contribution is 5.34. The van der Waals surface area contributed by atoms with Crippen LogP contribution in [0.2, 0.25) is 0 Å². The molecule has 0 saturated carbocycles. The molecule has 0 spiro atoms. The summed E-state index contributed by atoms with van der Waals surface area (Å²) in [7, 11) is 0. The molecule has 6 heteroatoms. The van der Waals surface area contributed by atoms with Gasteiger partial charge in [0.2, 0.25) is 5.82 Å². The Balaban J connectivity index is 2.55. The van der Waals surface area contributed by atoms with Crippen molar-refractivity contribution in [3.63, 3.8) is 0 Å². The molecule has 0 radical (unpaired) electrons. The van der Waals surface area contributed by atoms with Gasteiger partial charge in [0.15, 0.2) is 0 Å². The minimum absolute atomic E-state index is 0.0634. The summed E-state index contributed by atoms with van der Waals surface area (Å²) in [4.78, 5) is 7.50. The molecule has 1 aromatic heterocycles. The van der Waals surface area contributed by atoms with Crippen LogP contribution in [0.5, 0.6) is 0 Å². The van der Waals surface area contributed by atoms with Crippen molar-refractivity contribution in [2.45, 2.75) is 6.10 Å². The fourth-order valence-corrected chi connectivity index (χ4v) is 0.798. The van der Waals surface area contributed by atoms with Crippen LogP contribution in [0.15, 0.2) is 12.3 Å². The number of rotatable bonds is 4. The van der Waals surface area contributed by atoms with Crippen molar-refractivity contribution in [3.05, 3.63) is 18.1 Å². The molecule has 1 atom stereocenters. The average Bonchev–Trinajstić information content (AvgIpc) is 2.26. The van der Waals surface area contributed by atoms with E-state index in [-0.39, 0.29) is 19.0 Å². The van der Waals surface area contributed by atoms with Crippen LogP contribution in [-0.2, 0) is 0 Å². The van der Waals surface area contributed by atoms with Gasteiger partial charge in [-0.15, -0.1) is 0 Å². The standard InChI is InChI=1S/C8H10N4O2/c9-3-8-10-2-1-7(12-8)11-4-6(14)5-13/h1-2,6,13-14H,4-5H2,(H,10,11,12). The number of hydrogen-bond donors (Lipinski definition) is 3. The zero-order valence-corrected chi connectivity index (χ0v) is 7.38. The van der Waals surface area contributed by atoms with Crippen molar-refractivity contribution in [2.24, 2.45) is 0 Å². The van der Waals surface area contributed by atoms with Gasteiger partial charge >= 0.3 is 0 Å². The monoisotopic (exact) mass is 194 g/mol. The average molecular weight is 194 g/mol. The largest absolute Gasteiger partial charge is 0.394 e. The first-order chi connectivity index (χ1) is 6.76. The van der Waals surface area contributed by atoms with Crippen LogP contribution in [0.1, 0.15) is 5.82 Å². The Bertz CT molecular complexity index is 336. The fourth-order valence-electron chi connectivity index (χ4n) is 0.798. The Labute approximate surface area is 80.9 Å². The van der Waals surface area contributed by atoms with E-state index in [4.69, 9.17) is 15.5 Å². The van der Waals surface area contributed by atoms with Gasteiger partial charge in [0, 0.05) is 12.7 Å². The molecule has 0 amide bonds. The van der Waals surface area contributed by atoms with E-state index in [0.717, 1.165) is 0 Å². The Hall–Kier alpha value is -1.71. The number of aromatic nitrogens is 2. The molecule has 0 aromatic carbocycles. The Morgan fingerprint density at radius 3 is 3.07 bits per heavy atom. The van der Waals surface area contributed by atoms with Gasteiger partial charge in [-0.2, -0.15) is 5.26 Å². The lowest BCUT2D eigenvalue weighted by Crippen LogP contribution is -2.23. The van der Waals surface area contributed by atoms with Crippen LogP contribution in [0.3, 0.4) is 0 Å². The van der Waals surface area contributed by atoms with E-state index in [1.165, 1.54) is 6.20 Å². The van der Waals surface area contributed by atoms with Crippen molar-refractivity contribution in [1.82, 2.24) is 9.97 Å². The zero-order chi connectivity index (χ0) is 10.4. The van der Waals surface area contributed by atoms with Crippen molar-refractivity contribution < 1.29 is 10.2 Å². The molecule has 0 saturated heterocycles.